The number of aliphatic carboxylic acids is 1. The van der Waals surface area contributed by atoms with Crippen LogP contribution in [0.15, 0.2) is 0 Å². The molecule has 31 atom stereocenters. The zero-order valence-electron chi connectivity index (χ0n) is 43.9. The first kappa shape index (κ1) is 67.8. The maximum Gasteiger partial charge on any atom is 0.364 e. The predicted octanol–water partition coefficient (Wildman–Crippen LogP) is -14.5. The van der Waals surface area contributed by atoms with Gasteiger partial charge in [-0.2, -0.15) is 0 Å². The highest BCUT2D eigenvalue weighted by Crippen LogP contribution is 2.38. The number of hydrogen-bond acceptors (Lipinski definition) is 33. The third-order valence-electron chi connectivity index (χ3n) is 14.6. The van der Waals surface area contributed by atoms with E-state index < -0.39 is 259 Å². The Labute approximate surface area is 463 Å². The van der Waals surface area contributed by atoms with Crippen LogP contribution in [0.25, 0.3) is 0 Å². The lowest BCUT2D eigenvalue weighted by atomic mass is 9.88. The highest BCUT2D eigenvalue weighted by molar-refractivity contribution is 5.77. The Morgan fingerprint density at radius 1 is 0.488 bits per heavy atom. The number of carboxylic acid groups (broad SMARTS) is 1. The molecule has 82 heavy (non-hydrogen) atoms. The fourth-order valence-electron chi connectivity index (χ4n) is 10.3. The van der Waals surface area contributed by atoms with Gasteiger partial charge in [0.25, 0.3) is 5.79 Å². The third-order valence-corrected chi connectivity index (χ3v) is 14.6. The van der Waals surface area contributed by atoms with Crippen LogP contribution in [0.2, 0.25) is 0 Å². The summed E-state index contributed by atoms with van der Waals surface area (Å²) in [6, 6.07) is -5.09. The number of ether oxygens (including phenoxy) is 11. The molecule has 0 saturated carbocycles. The Hall–Kier alpha value is -3.28. The van der Waals surface area contributed by atoms with E-state index in [-0.39, 0.29) is 0 Å². The second-order valence-corrected chi connectivity index (χ2v) is 20.4. The van der Waals surface area contributed by atoms with Crippen molar-refractivity contribution in [1.29, 1.82) is 0 Å². The second kappa shape index (κ2) is 28.9. The molecule has 6 aliphatic rings. The van der Waals surface area contributed by atoms with Gasteiger partial charge in [-0.1, -0.05) is 0 Å². The molecule has 37 nitrogen and oxygen atoms in total. The number of hydrogen-bond donors (Lipinski definition) is 22. The number of aliphatic hydroxyl groups excluding tert-OH is 18. The number of rotatable bonds is 22. The lowest BCUT2D eigenvalue weighted by Crippen LogP contribution is -2.70. The number of amides is 3. The van der Waals surface area contributed by atoms with Gasteiger partial charge in [0.1, 0.15) is 140 Å². The van der Waals surface area contributed by atoms with Gasteiger partial charge in [-0.05, 0) is 0 Å². The first-order valence-electron chi connectivity index (χ1n) is 25.7. The molecule has 3 amide bonds. The van der Waals surface area contributed by atoms with Gasteiger partial charge in [0.2, 0.25) is 17.7 Å². The molecule has 6 fully saturated rings. The van der Waals surface area contributed by atoms with Crippen molar-refractivity contribution in [3.05, 3.63) is 0 Å². The number of carbonyl (C=O) groups excluding carboxylic acids is 3. The molecule has 0 aliphatic carbocycles. The van der Waals surface area contributed by atoms with Crippen LogP contribution in [0.5, 0.6) is 0 Å². The molecule has 6 rings (SSSR count). The Kier molecular flexibility index (Phi) is 23.9. The number of aliphatic hydroxyl groups is 18. The van der Waals surface area contributed by atoms with Crippen LogP contribution < -0.4 is 16.0 Å². The summed E-state index contributed by atoms with van der Waals surface area (Å²) in [5.41, 5.74) is 0. The molecule has 22 N–H and O–H groups in total. The molecule has 0 unspecified atom stereocenters. The fourth-order valence-corrected chi connectivity index (χ4v) is 10.3. The molecule has 0 radical (unpaired) electrons. The van der Waals surface area contributed by atoms with Crippen molar-refractivity contribution in [2.24, 2.45) is 0 Å². The summed E-state index contributed by atoms with van der Waals surface area (Å²) in [6.45, 7) is -3.40. The Bertz CT molecular complexity index is 2090. The minimum atomic E-state index is -3.00. The largest absolute Gasteiger partial charge is 0.477 e. The van der Waals surface area contributed by atoms with E-state index in [0.717, 1.165) is 20.8 Å². The van der Waals surface area contributed by atoms with E-state index in [4.69, 9.17) is 52.1 Å². The average Bonchev–Trinajstić information content (AvgIpc) is 3.16. The van der Waals surface area contributed by atoms with Crippen molar-refractivity contribution in [2.75, 3.05) is 39.6 Å². The average molecular weight is 1200 g/mol. The summed E-state index contributed by atoms with van der Waals surface area (Å²) in [7, 11) is 0. The van der Waals surface area contributed by atoms with Crippen LogP contribution in [0.3, 0.4) is 0 Å². The lowest BCUT2D eigenvalue weighted by molar-refractivity contribution is -0.394. The van der Waals surface area contributed by atoms with Crippen molar-refractivity contribution < 1.29 is 168 Å². The Morgan fingerprint density at radius 2 is 0.939 bits per heavy atom. The minimum Gasteiger partial charge on any atom is -0.477 e. The van der Waals surface area contributed by atoms with Gasteiger partial charge < -0.3 is 165 Å². The van der Waals surface area contributed by atoms with Crippen molar-refractivity contribution >= 4 is 23.7 Å². The number of carbonyl (C=O) groups is 4. The first-order chi connectivity index (χ1) is 38.6. The van der Waals surface area contributed by atoms with Crippen molar-refractivity contribution in [3.8, 4) is 0 Å². The highest BCUT2D eigenvalue weighted by atomic mass is 16.8. The molecule has 6 aliphatic heterocycles. The van der Waals surface area contributed by atoms with Gasteiger partial charge in [-0.25, -0.2) is 4.79 Å². The molecule has 37 heteroatoms. The zero-order valence-corrected chi connectivity index (χ0v) is 43.9. The lowest BCUT2D eigenvalue weighted by Gasteiger charge is -2.50. The van der Waals surface area contributed by atoms with Gasteiger partial charge >= 0.3 is 5.97 Å². The highest BCUT2D eigenvalue weighted by Gasteiger charge is 2.60. The topological polar surface area (TPSA) is 590 Å². The molecule has 474 valence electrons. The molecule has 0 bridgehead atoms. The van der Waals surface area contributed by atoms with Gasteiger partial charge in [-0.15, -0.1) is 0 Å². The van der Waals surface area contributed by atoms with Crippen molar-refractivity contribution in [3.63, 3.8) is 0 Å². The van der Waals surface area contributed by atoms with E-state index in [1.807, 2.05) is 0 Å². The normalized spacial score (nSPS) is 46.3. The Morgan fingerprint density at radius 3 is 1.49 bits per heavy atom. The third kappa shape index (κ3) is 14.7. The van der Waals surface area contributed by atoms with Crippen LogP contribution in [0.4, 0.5) is 0 Å². The fraction of sp³-hybridized carbons (Fsp3) is 0.911. The summed E-state index contributed by atoms with van der Waals surface area (Å²) in [5.74, 6) is -7.46. The summed E-state index contributed by atoms with van der Waals surface area (Å²) in [6.07, 6.45) is -55.7. The minimum absolute atomic E-state index is 0.740. The SMILES string of the molecule is CC(=O)N[C@@H]1[C@@H](O)[C@H](O[C@@H]2O[C@H](CO)[C@@H](O)[C@H](O[C@H]3O[C@H](CO)[C@@H](O)[C@H](O)[C@@H]3O[C@@H]3O[C@H](CO)[C@@H](O[C@@H]4O[C@H](CO[C@]5(C(=O)O)C[C@H](O)[C@@H](NC(C)=O)[C@H]([C@H](O)[C@H](O)CO)O5)[C@H](O)[C@H](O)[C@H]4O)[C@H](O)[C@H]3NC(C)=O)[C@@H]2O)[C@@H](CO)O[C@H]1O. The van der Waals surface area contributed by atoms with E-state index in [1.165, 1.54) is 0 Å². The van der Waals surface area contributed by atoms with Gasteiger partial charge in [0, 0.05) is 27.2 Å². The van der Waals surface area contributed by atoms with E-state index in [0.29, 0.717) is 0 Å². The van der Waals surface area contributed by atoms with Crippen LogP contribution >= 0.6 is 0 Å². The van der Waals surface area contributed by atoms with E-state index in [2.05, 4.69) is 16.0 Å². The first-order valence-corrected chi connectivity index (χ1v) is 25.7. The van der Waals surface area contributed by atoms with E-state index >= 15 is 0 Å². The molecule has 0 aromatic carbocycles. The molecule has 6 heterocycles. The monoisotopic (exact) mass is 1200 g/mol. The van der Waals surface area contributed by atoms with Gasteiger partial charge in [0.15, 0.2) is 31.5 Å². The summed E-state index contributed by atoms with van der Waals surface area (Å²) in [5, 5.41) is 212. The van der Waals surface area contributed by atoms with E-state index in [9.17, 15) is 116 Å². The standard InChI is InChI=1S/C45H75N3O34/c1-11(54)46-21-14(57)4-45(44(70)71,82-36(21)24(59)15(58)5-49)72-10-20-26(61)30(65)32(67)41(77-20)78-35-19(9-53)76-40(23(29(35)64)48-13(3)56)81-38-31(66)25(60)16(6-50)75-43(38)80-37-27(62)17(7-51)74-42(33(37)68)79-34-18(8-52)73-39(69)22(28(34)63)47-12(2)55/h14-43,49-53,57-69H,4-10H2,1-3H3,(H,46,54)(H,47,55)(H,48,56)(H,70,71)/t14-,15+,16+,17+,18+,19+,20+,21+,22+,23+,24+,25+,26-,27+,28+,29+,30-,31-,32+,33-,34+,35+,36+,37-,38-,39+,40-,41-,42-,43+,45+/m0/s1. The smallest absolute Gasteiger partial charge is 0.364 e. The van der Waals surface area contributed by atoms with Crippen LogP contribution in [-0.2, 0) is 71.3 Å². The number of nitrogens with one attached hydrogen (secondary N) is 3. The maximum atomic E-state index is 12.8. The van der Waals surface area contributed by atoms with Gasteiger partial charge in [0.05, 0.1) is 51.8 Å². The van der Waals surface area contributed by atoms with E-state index in [1.54, 1.807) is 0 Å². The van der Waals surface area contributed by atoms with Crippen LogP contribution in [0, 0.1) is 0 Å². The molecule has 0 spiro atoms. The Balaban J connectivity index is 1.23. The quantitative estimate of drug-likeness (QED) is 0.0479. The predicted molar refractivity (Wildman–Crippen MR) is 251 cm³/mol. The van der Waals surface area contributed by atoms with Crippen LogP contribution in [0.1, 0.15) is 27.2 Å². The number of carboxylic acids is 1. The summed E-state index contributed by atoms with van der Waals surface area (Å²) >= 11 is 0. The second-order valence-electron chi connectivity index (χ2n) is 20.4. The maximum absolute atomic E-state index is 12.8. The van der Waals surface area contributed by atoms with Crippen LogP contribution in [-0.4, -0.2) is 350 Å². The van der Waals surface area contributed by atoms with Crippen molar-refractivity contribution in [1.82, 2.24) is 16.0 Å². The van der Waals surface area contributed by atoms with Gasteiger partial charge in [-0.3, -0.25) is 14.4 Å². The molecule has 6 saturated heterocycles. The zero-order chi connectivity index (χ0) is 61.0. The summed E-state index contributed by atoms with van der Waals surface area (Å²) in [4.78, 5) is 49.4. The van der Waals surface area contributed by atoms with Crippen molar-refractivity contribution in [2.45, 2.75) is 217 Å². The molecule has 0 aromatic rings. The molecular formula is C45H75N3O34. The molecule has 0 aromatic heterocycles. The summed E-state index contributed by atoms with van der Waals surface area (Å²) < 4.78 is 62.9. The molecular weight excluding hydrogens is 1130 g/mol.